The largest absolute Gasteiger partial charge is 0.370 e. The van der Waals surface area contributed by atoms with Crippen molar-refractivity contribution in [3.05, 3.63) is 35.3 Å². The summed E-state index contributed by atoms with van der Waals surface area (Å²) in [5.74, 6) is 1.68. The standard InChI is InChI=1S/C15H22ClN5/c1-3-6-13-19-14(16)12(2)15(20-13)18-7-4-5-9-21-10-8-17-11-21/h8,10-11H,3-7,9H2,1-2H3,(H,18,19,20). The minimum absolute atomic E-state index is 0.550. The molecule has 2 aromatic heterocycles. The number of unbranched alkanes of at least 4 members (excludes halogenated alkanes) is 1. The highest BCUT2D eigenvalue weighted by Crippen LogP contribution is 2.20. The van der Waals surface area contributed by atoms with Crippen LogP contribution in [0.2, 0.25) is 5.15 Å². The van der Waals surface area contributed by atoms with E-state index in [1.807, 2.05) is 19.4 Å². The molecular formula is C15H22ClN5. The number of imidazole rings is 1. The van der Waals surface area contributed by atoms with Gasteiger partial charge in [0, 0.05) is 37.5 Å². The molecule has 0 aliphatic carbocycles. The molecule has 6 heteroatoms. The highest BCUT2D eigenvalue weighted by Gasteiger charge is 2.08. The van der Waals surface area contributed by atoms with E-state index in [1.165, 1.54) is 0 Å². The molecule has 0 amide bonds. The van der Waals surface area contributed by atoms with Gasteiger partial charge in [0.05, 0.1) is 6.33 Å². The molecule has 0 unspecified atom stereocenters. The Labute approximate surface area is 130 Å². The van der Waals surface area contributed by atoms with Crippen molar-refractivity contribution in [2.75, 3.05) is 11.9 Å². The zero-order chi connectivity index (χ0) is 15.1. The Hall–Kier alpha value is -1.62. The number of hydrogen-bond acceptors (Lipinski definition) is 4. The van der Waals surface area contributed by atoms with Crippen molar-refractivity contribution in [2.45, 2.75) is 46.1 Å². The van der Waals surface area contributed by atoms with E-state index < -0.39 is 0 Å². The second-order valence-electron chi connectivity index (χ2n) is 5.09. The quantitative estimate of drug-likeness (QED) is 0.599. The molecule has 5 nitrogen and oxygen atoms in total. The molecule has 0 saturated carbocycles. The van der Waals surface area contributed by atoms with E-state index in [2.05, 4.69) is 31.8 Å². The summed E-state index contributed by atoms with van der Waals surface area (Å²) in [6, 6.07) is 0. The molecule has 0 aliphatic rings. The van der Waals surface area contributed by atoms with Crippen LogP contribution >= 0.6 is 11.6 Å². The number of halogens is 1. The van der Waals surface area contributed by atoms with Crippen LogP contribution in [-0.4, -0.2) is 26.1 Å². The summed E-state index contributed by atoms with van der Waals surface area (Å²) in [4.78, 5) is 12.9. The highest BCUT2D eigenvalue weighted by atomic mass is 35.5. The second-order valence-corrected chi connectivity index (χ2v) is 5.45. The van der Waals surface area contributed by atoms with E-state index in [4.69, 9.17) is 11.6 Å². The lowest BCUT2D eigenvalue weighted by molar-refractivity contribution is 0.620. The lowest BCUT2D eigenvalue weighted by Crippen LogP contribution is -2.09. The number of rotatable bonds is 8. The van der Waals surface area contributed by atoms with Gasteiger partial charge in [0.2, 0.25) is 0 Å². The molecule has 2 rings (SSSR count). The van der Waals surface area contributed by atoms with E-state index >= 15 is 0 Å². The number of nitrogens with zero attached hydrogens (tertiary/aromatic N) is 4. The van der Waals surface area contributed by atoms with Gasteiger partial charge in [0.1, 0.15) is 16.8 Å². The van der Waals surface area contributed by atoms with Crippen molar-refractivity contribution in [2.24, 2.45) is 0 Å². The first-order chi connectivity index (χ1) is 10.2. The number of anilines is 1. The van der Waals surface area contributed by atoms with Crippen molar-refractivity contribution in [1.82, 2.24) is 19.5 Å². The van der Waals surface area contributed by atoms with Crippen LogP contribution in [0.4, 0.5) is 5.82 Å². The van der Waals surface area contributed by atoms with Crippen molar-refractivity contribution in [3.63, 3.8) is 0 Å². The van der Waals surface area contributed by atoms with Gasteiger partial charge in [-0.2, -0.15) is 0 Å². The first-order valence-electron chi connectivity index (χ1n) is 7.43. The van der Waals surface area contributed by atoms with E-state index in [0.717, 1.165) is 56.0 Å². The van der Waals surface area contributed by atoms with Gasteiger partial charge in [-0.1, -0.05) is 18.5 Å². The van der Waals surface area contributed by atoms with E-state index in [1.54, 1.807) is 6.20 Å². The second kappa shape index (κ2) is 7.98. The van der Waals surface area contributed by atoms with Crippen molar-refractivity contribution >= 4 is 17.4 Å². The van der Waals surface area contributed by atoms with Crippen molar-refractivity contribution in [3.8, 4) is 0 Å². The van der Waals surface area contributed by atoms with Crippen LogP contribution in [0.5, 0.6) is 0 Å². The Kier molecular flexibility index (Phi) is 5.99. The molecular weight excluding hydrogens is 286 g/mol. The van der Waals surface area contributed by atoms with Gasteiger partial charge < -0.3 is 9.88 Å². The Morgan fingerprint density at radius 1 is 1.29 bits per heavy atom. The van der Waals surface area contributed by atoms with Crippen molar-refractivity contribution in [1.29, 1.82) is 0 Å². The summed E-state index contributed by atoms with van der Waals surface area (Å²) in [5, 5.41) is 3.92. The van der Waals surface area contributed by atoms with Crippen molar-refractivity contribution < 1.29 is 0 Å². The van der Waals surface area contributed by atoms with Gasteiger partial charge in [-0.05, 0) is 26.2 Å². The maximum absolute atomic E-state index is 6.16. The SMILES string of the molecule is CCCc1nc(Cl)c(C)c(NCCCCn2ccnc2)n1. The maximum atomic E-state index is 6.16. The number of aromatic nitrogens is 4. The zero-order valence-electron chi connectivity index (χ0n) is 12.6. The molecule has 2 heterocycles. The smallest absolute Gasteiger partial charge is 0.137 e. The Morgan fingerprint density at radius 3 is 2.86 bits per heavy atom. The molecule has 0 aliphatic heterocycles. The first kappa shape index (κ1) is 15.8. The van der Waals surface area contributed by atoms with Crippen LogP contribution in [0, 0.1) is 6.92 Å². The third-order valence-corrected chi connectivity index (χ3v) is 3.67. The Morgan fingerprint density at radius 2 is 2.14 bits per heavy atom. The average molecular weight is 308 g/mol. The summed E-state index contributed by atoms with van der Waals surface area (Å²) < 4.78 is 2.09. The van der Waals surface area contributed by atoms with Crippen LogP contribution in [-0.2, 0) is 13.0 Å². The van der Waals surface area contributed by atoms with E-state index in [9.17, 15) is 0 Å². The summed E-state index contributed by atoms with van der Waals surface area (Å²) in [5.41, 5.74) is 0.922. The molecule has 0 atom stereocenters. The predicted molar refractivity (Wildman–Crippen MR) is 85.7 cm³/mol. The number of nitrogens with one attached hydrogen (secondary N) is 1. The van der Waals surface area contributed by atoms with E-state index in [-0.39, 0.29) is 0 Å². The third kappa shape index (κ3) is 4.70. The minimum Gasteiger partial charge on any atom is -0.370 e. The monoisotopic (exact) mass is 307 g/mol. The topological polar surface area (TPSA) is 55.6 Å². The molecule has 0 fully saturated rings. The summed E-state index contributed by atoms with van der Waals surface area (Å²) in [6.45, 7) is 5.94. The van der Waals surface area contributed by atoms with Gasteiger partial charge in [0.15, 0.2) is 0 Å². The molecule has 0 aromatic carbocycles. The van der Waals surface area contributed by atoms with Crippen LogP contribution < -0.4 is 5.32 Å². The molecule has 0 spiro atoms. The van der Waals surface area contributed by atoms with Gasteiger partial charge in [-0.3, -0.25) is 0 Å². The summed E-state index contributed by atoms with van der Waals surface area (Å²) >= 11 is 6.16. The van der Waals surface area contributed by atoms with Crippen LogP contribution in [0.1, 0.15) is 37.6 Å². The molecule has 0 bridgehead atoms. The Bertz CT molecular complexity index is 553. The van der Waals surface area contributed by atoms with Gasteiger partial charge >= 0.3 is 0 Å². The number of aryl methyl sites for hydroxylation is 2. The lowest BCUT2D eigenvalue weighted by atomic mass is 10.2. The molecule has 2 aromatic rings. The average Bonchev–Trinajstić information content (AvgIpc) is 2.97. The highest BCUT2D eigenvalue weighted by molar-refractivity contribution is 6.30. The number of hydrogen-bond donors (Lipinski definition) is 1. The zero-order valence-corrected chi connectivity index (χ0v) is 13.4. The molecule has 0 saturated heterocycles. The van der Waals surface area contributed by atoms with Gasteiger partial charge in [-0.25, -0.2) is 15.0 Å². The fourth-order valence-corrected chi connectivity index (χ4v) is 2.27. The van der Waals surface area contributed by atoms with Gasteiger partial charge in [-0.15, -0.1) is 0 Å². The fourth-order valence-electron chi connectivity index (χ4n) is 2.09. The Balaban J connectivity index is 1.81. The first-order valence-corrected chi connectivity index (χ1v) is 7.81. The summed E-state index contributed by atoms with van der Waals surface area (Å²) in [6.07, 6.45) is 9.68. The third-order valence-electron chi connectivity index (χ3n) is 3.30. The molecule has 1 N–H and O–H groups in total. The molecule has 114 valence electrons. The lowest BCUT2D eigenvalue weighted by Gasteiger charge is -2.11. The van der Waals surface area contributed by atoms with Crippen LogP contribution in [0.15, 0.2) is 18.7 Å². The predicted octanol–water partition coefficient (Wildman–Crippen LogP) is 3.48. The molecule has 0 radical (unpaired) electrons. The molecule has 21 heavy (non-hydrogen) atoms. The minimum atomic E-state index is 0.550. The normalized spacial score (nSPS) is 10.8. The van der Waals surface area contributed by atoms with Crippen LogP contribution in [0.25, 0.3) is 0 Å². The van der Waals surface area contributed by atoms with Gasteiger partial charge in [0.25, 0.3) is 0 Å². The fraction of sp³-hybridized carbons (Fsp3) is 0.533. The van der Waals surface area contributed by atoms with Crippen LogP contribution in [0.3, 0.4) is 0 Å². The van der Waals surface area contributed by atoms with E-state index in [0.29, 0.717) is 5.15 Å². The summed E-state index contributed by atoms with van der Waals surface area (Å²) in [7, 11) is 0. The maximum Gasteiger partial charge on any atom is 0.137 e.